The zero-order valence-corrected chi connectivity index (χ0v) is 11.1. The minimum Gasteiger partial charge on any atom is -0.386 e. The molecule has 0 amide bonds. The van der Waals surface area contributed by atoms with Crippen molar-refractivity contribution >= 4 is 0 Å². The van der Waals surface area contributed by atoms with E-state index in [4.69, 9.17) is 0 Å². The summed E-state index contributed by atoms with van der Waals surface area (Å²) in [4.78, 5) is 0. The molecule has 1 aliphatic rings. The van der Waals surface area contributed by atoms with Crippen molar-refractivity contribution < 1.29 is 10.2 Å². The van der Waals surface area contributed by atoms with E-state index in [0.717, 1.165) is 24.8 Å². The van der Waals surface area contributed by atoms with Crippen LogP contribution in [0, 0.1) is 5.92 Å². The molecule has 0 radical (unpaired) electrons. The van der Waals surface area contributed by atoms with Crippen LogP contribution in [0.3, 0.4) is 0 Å². The van der Waals surface area contributed by atoms with Crippen LogP contribution >= 0.6 is 0 Å². The highest BCUT2D eigenvalue weighted by molar-refractivity contribution is 5.19. The van der Waals surface area contributed by atoms with Gasteiger partial charge in [-0.05, 0) is 51.5 Å². The Balaban J connectivity index is 2.56. The van der Waals surface area contributed by atoms with Crippen LogP contribution in [-0.4, -0.2) is 21.9 Å². The molecule has 0 aliphatic heterocycles. The molecule has 0 fully saturated rings. The van der Waals surface area contributed by atoms with Gasteiger partial charge in [0.25, 0.3) is 0 Å². The van der Waals surface area contributed by atoms with Crippen molar-refractivity contribution in [1.82, 2.24) is 0 Å². The fraction of sp³-hybridized carbons (Fsp3) is 0.600. The summed E-state index contributed by atoms with van der Waals surface area (Å²) in [5.74, 6) is 0.361. The van der Waals surface area contributed by atoms with Crippen molar-refractivity contribution in [3.05, 3.63) is 36.0 Å². The number of aliphatic hydroxyl groups excluding tert-OH is 1. The van der Waals surface area contributed by atoms with Crippen LogP contribution in [-0.2, 0) is 0 Å². The average molecular weight is 236 g/mol. The van der Waals surface area contributed by atoms with Crippen LogP contribution in [0.5, 0.6) is 0 Å². The summed E-state index contributed by atoms with van der Waals surface area (Å²) >= 11 is 0. The molecule has 0 bridgehead atoms. The van der Waals surface area contributed by atoms with E-state index in [1.54, 1.807) is 26.0 Å². The van der Waals surface area contributed by atoms with Gasteiger partial charge in [0.2, 0.25) is 0 Å². The summed E-state index contributed by atoms with van der Waals surface area (Å²) in [6, 6.07) is 0. The number of hydrogen-bond acceptors (Lipinski definition) is 2. The largest absolute Gasteiger partial charge is 0.386 e. The fourth-order valence-corrected chi connectivity index (χ4v) is 1.99. The Kier molecular flexibility index (Phi) is 4.72. The topological polar surface area (TPSA) is 40.5 Å². The molecule has 0 heterocycles. The second kappa shape index (κ2) is 5.65. The smallest absolute Gasteiger partial charge is 0.0933 e. The van der Waals surface area contributed by atoms with Crippen molar-refractivity contribution in [2.45, 2.75) is 51.7 Å². The molecule has 2 nitrogen and oxygen atoms in total. The highest BCUT2D eigenvalue weighted by Gasteiger charge is 2.20. The first kappa shape index (κ1) is 14.2. The Morgan fingerprint density at radius 3 is 2.71 bits per heavy atom. The van der Waals surface area contributed by atoms with E-state index in [1.807, 2.05) is 0 Å². The summed E-state index contributed by atoms with van der Waals surface area (Å²) in [5, 5.41) is 19.5. The molecule has 0 unspecified atom stereocenters. The van der Waals surface area contributed by atoms with E-state index in [2.05, 4.69) is 19.6 Å². The SMILES string of the molecule is C=C([C@@H]1CC=C(C)CC1)[C@@H](O)/C=C/C(C)(C)O. The molecule has 1 rings (SSSR count). The third-order valence-electron chi connectivity index (χ3n) is 3.23. The van der Waals surface area contributed by atoms with Crippen LogP contribution in [0.1, 0.15) is 40.0 Å². The Labute approximate surface area is 104 Å². The van der Waals surface area contributed by atoms with E-state index < -0.39 is 11.7 Å². The van der Waals surface area contributed by atoms with Gasteiger partial charge in [0.05, 0.1) is 11.7 Å². The van der Waals surface area contributed by atoms with E-state index in [-0.39, 0.29) is 0 Å². The molecular formula is C15H24O2. The minimum absolute atomic E-state index is 0.361. The Morgan fingerprint density at radius 2 is 2.24 bits per heavy atom. The maximum Gasteiger partial charge on any atom is 0.0933 e. The normalized spacial score (nSPS) is 23.6. The molecule has 0 aromatic heterocycles. The molecular weight excluding hydrogens is 212 g/mol. The number of aliphatic hydroxyl groups is 2. The lowest BCUT2D eigenvalue weighted by atomic mass is 9.83. The number of hydrogen-bond donors (Lipinski definition) is 2. The van der Waals surface area contributed by atoms with Crippen LogP contribution in [0.2, 0.25) is 0 Å². The number of allylic oxidation sites excluding steroid dienone is 2. The quantitative estimate of drug-likeness (QED) is 0.737. The van der Waals surface area contributed by atoms with E-state index in [1.165, 1.54) is 5.57 Å². The van der Waals surface area contributed by atoms with Crippen LogP contribution in [0.15, 0.2) is 36.0 Å². The molecule has 2 atom stereocenters. The minimum atomic E-state index is -0.885. The van der Waals surface area contributed by atoms with Gasteiger partial charge in [-0.3, -0.25) is 0 Å². The monoisotopic (exact) mass is 236 g/mol. The molecule has 0 saturated carbocycles. The second-order valence-electron chi connectivity index (χ2n) is 5.55. The van der Waals surface area contributed by atoms with Gasteiger partial charge in [0.1, 0.15) is 0 Å². The van der Waals surface area contributed by atoms with Gasteiger partial charge >= 0.3 is 0 Å². The van der Waals surface area contributed by atoms with Gasteiger partial charge in [0, 0.05) is 0 Å². The van der Waals surface area contributed by atoms with Crippen molar-refractivity contribution in [2.75, 3.05) is 0 Å². The zero-order valence-electron chi connectivity index (χ0n) is 11.1. The van der Waals surface area contributed by atoms with Crippen LogP contribution < -0.4 is 0 Å². The maximum absolute atomic E-state index is 9.98. The molecule has 1 aliphatic carbocycles. The lowest BCUT2D eigenvalue weighted by Gasteiger charge is -2.25. The standard InChI is InChI=1S/C15H24O2/c1-11-5-7-13(8-6-11)12(2)14(16)9-10-15(3,4)17/h5,9-10,13-14,16-17H,2,6-8H2,1,3-4H3/b10-9+/t13-,14+/m1/s1. The molecule has 0 saturated heterocycles. The lowest BCUT2D eigenvalue weighted by molar-refractivity contribution is 0.131. The third kappa shape index (κ3) is 4.88. The van der Waals surface area contributed by atoms with Gasteiger partial charge in [0.15, 0.2) is 0 Å². The first-order valence-electron chi connectivity index (χ1n) is 6.24. The summed E-state index contributed by atoms with van der Waals surface area (Å²) in [6.07, 6.45) is 7.95. The molecule has 96 valence electrons. The highest BCUT2D eigenvalue weighted by atomic mass is 16.3. The number of rotatable bonds is 4. The summed E-state index contributed by atoms with van der Waals surface area (Å²) in [7, 11) is 0. The van der Waals surface area contributed by atoms with Gasteiger partial charge in [-0.25, -0.2) is 0 Å². The van der Waals surface area contributed by atoms with E-state index >= 15 is 0 Å². The van der Waals surface area contributed by atoms with E-state index in [9.17, 15) is 10.2 Å². The Morgan fingerprint density at radius 1 is 1.59 bits per heavy atom. The van der Waals surface area contributed by atoms with Gasteiger partial charge in [-0.15, -0.1) is 0 Å². The first-order valence-corrected chi connectivity index (χ1v) is 6.24. The van der Waals surface area contributed by atoms with E-state index in [0.29, 0.717) is 5.92 Å². The third-order valence-corrected chi connectivity index (χ3v) is 3.23. The van der Waals surface area contributed by atoms with Gasteiger partial charge < -0.3 is 10.2 Å². The van der Waals surface area contributed by atoms with Gasteiger partial charge in [-0.1, -0.05) is 30.4 Å². The maximum atomic E-state index is 9.98. The zero-order chi connectivity index (χ0) is 13.1. The molecule has 2 heteroatoms. The van der Waals surface area contributed by atoms with Gasteiger partial charge in [-0.2, -0.15) is 0 Å². The molecule has 0 aromatic rings. The Hall–Kier alpha value is -0.860. The molecule has 0 aromatic carbocycles. The Bertz CT molecular complexity index is 331. The highest BCUT2D eigenvalue weighted by Crippen LogP contribution is 2.30. The van der Waals surface area contributed by atoms with Crippen molar-refractivity contribution in [1.29, 1.82) is 0 Å². The summed E-state index contributed by atoms with van der Waals surface area (Å²) in [5.41, 5.74) is 1.40. The predicted molar refractivity (Wildman–Crippen MR) is 71.7 cm³/mol. The van der Waals surface area contributed by atoms with Crippen LogP contribution in [0.4, 0.5) is 0 Å². The first-order chi connectivity index (χ1) is 7.79. The second-order valence-corrected chi connectivity index (χ2v) is 5.55. The van der Waals surface area contributed by atoms with Crippen molar-refractivity contribution in [3.63, 3.8) is 0 Å². The van der Waals surface area contributed by atoms with Crippen LogP contribution in [0.25, 0.3) is 0 Å². The predicted octanol–water partition coefficient (Wildman–Crippen LogP) is 2.98. The average Bonchev–Trinajstić information content (AvgIpc) is 2.25. The molecule has 0 spiro atoms. The molecule has 2 N–H and O–H groups in total. The van der Waals surface area contributed by atoms with Crippen molar-refractivity contribution in [3.8, 4) is 0 Å². The fourth-order valence-electron chi connectivity index (χ4n) is 1.99. The summed E-state index contributed by atoms with van der Waals surface area (Å²) in [6.45, 7) is 9.51. The lowest BCUT2D eigenvalue weighted by Crippen LogP contribution is -2.19. The van der Waals surface area contributed by atoms with Crippen molar-refractivity contribution in [2.24, 2.45) is 5.92 Å². The molecule has 17 heavy (non-hydrogen) atoms. The summed E-state index contributed by atoms with van der Waals surface area (Å²) < 4.78 is 0.